The average Bonchev–Trinajstić information content (AvgIpc) is 2.91. The second-order valence-electron chi connectivity index (χ2n) is 5.66. The number of nitrogen functional groups attached to an aromatic ring is 1. The largest absolute Gasteiger partial charge is 0.397 e. The molecule has 0 unspecified atom stereocenters. The molecule has 4 N–H and O–H groups in total. The van der Waals surface area contributed by atoms with E-state index in [1.165, 1.54) is 0 Å². The van der Waals surface area contributed by atoms with E-state index >= 15 is 0 Å². The minimum absolute atomic E-state index is 0.287. The van der Waals surface area contributed by atoms with Gasteiger partial charge in [0.25, 0.3) is 0 Å². The van der Waals surface area contributed by atoms with Gasteiger partial charge in [-0.2, -0.15) is 0 Å². The summed E-state index contributed by atoms with van der Waals surface area (Å²) in [4.78, 5) is 8.91. The summed E-state index contributed by atoms with van der Waals surface area (Å²) in [6.45, 7) is 2.79. The van der Waals surface area contributed by atoms with Crippen LogP contribution in [-0.4, -0.2) is 22.2 Å². The van der Waals surface area contributed by atoms with Gasteiger partial charge in [-0.15, -0.1) is 0 Å². The molecule has 2 aromatic rings. The van der Waals surface area contributed by atoms with Crippen LogP contribution in [-0.2, 0) is 0 Å². The van der Waals surface area contributed by atoms with E-state index in [9.17, 15) is 0 Å². The Morgan fingerprint density at radius 1 is 1.32 bits per heavy atom. The lowest BCUT2D eigenvalue weighted by Crippen LogP contribution is -2.10. The minimum atomic E-state index is 0.287. The van der Waals surface area contributed by atoms with E-state index in [-0.39, 0.29) is 5.71 Å². The summed E-state index contributed by atoms with van der Waals surface area (Å²) >= 11 is 0. The predicted molar refractivity (Wildman–Crippen MR) is 104 cm³/mol. The van der Waals surface area contributed by atoms with Gasteiger partial charge in [0.2, 0.25) is 0 Å². The lowest BCUT2D eigenvalue weighted by molar-refractivity contribution is 1.15. The molecule has 1 aliphatic carbocycles. The second-order valence-corrected chi connectivity index (χ2v) is 5.66. The molecule has 0 atom stereocenters. The third-order valence-corrected chi connectivity index (χ3v) is 3.84. The predicted octanol–water partition coefficient (Wildman–Crippen LogP) is 3.81. The summed E-state index contributed by atoms with van der Waals surface area (Å²) in [7, 11) is 0. The van der Waals surface area contributed by atoms with Crippen molar-refractivity contribution >= 4 is 22.8 Å². The molecule has 5 heteroatoms. The molecule has 0 saturated carbocycles. The van der Waals surface area contributed by atoms with Crippen LogP contribution in [0.1, 0.15) is 30.3 Å². The Kier molecular flexibility index (Phi) is 5.04. The monoisotopic (exact) mass is 331 g/mol. The minimum Gasteiger partial charge on any atom is -0.397 e. The molecular formula is C20H21N5. The van der Waals surface area contributed by atoms with Crippen molar-refractivity contribution < 1.29 is 0 Å². The van der Waals surface area contributed by atoms with Gasteiger partial charge in [-0.25, -0.2) is 4.98 Å². The molecule has 0 fully saturated rings. The molecule has 25 heavy (non-hydrogen) atoms. The summed E-state index contributed by atoms with van der Waals surface area (Å²) in [6, 6.07) is 7.44. The number of hydrogen-bond acceptors (Lipinski definition) is 5. The van der Waals surface area contributed by atoms with Gasteiger partial charge in [-0.1, -0.05) is 36.4 Å². The molecule has 5 nitrogen and oxygen atoms in total. The van der Waals surface area contributed by atoms with Crippen LogP contribution >= 0.6 is 0 Å². The molecule has 0 aromatic carbocycles. The van der Waals surface area contributed by atoms with E-state index in [0.717, 1.165) is 30.1 Å². The van der Waals surface area contributed by atoms with Gasteiger partial charge in [0.05, 0.1) is 29.0 Å². The Bertz CT molecular complexity index is 877. The number of nitrogens with one attached hydrogen (secondary N) is 2. The first-order valence-electron chi connectivity index (χ1n) is 8.28. The van der Waals surface area contributed by atoms with Crippen molar-refractivity contribution in [3.63, 3.8) is 0 Å². The Morgan fingerprint density at radius 3 is 3.04 bits per heavy atom. The van der Waals surface area contributed by atoms with Crippen LogP contribution in [0.2, 0.25) is 0 Å². The van der Waals surface area contributed by atoms with Crippen LogP contribution in [0.15, 0.2) is 60.8 Å². The number of nitrogens with two attached hydrogens (primary N) is 1. The van der Waals surface area contributed by atoms with Gasteiger partial charge in [-0.3, -0.25) is 10.4 Å². The molecular weight excluding hydrogens is 310 g/mol. The molecule has 0 spiro atoms. The lowest BCUT2D eigenvalue weighted by Gasteiger charge is -2.11. The van der Waals surface area contributed by atoms with E-state index in [1.54, 1.807) is 6.20 Å². The van der Waals surface area contributed by atoms with Gasteiger partial charge >= 0.3 is 0 Å². The number of nitrogens with zero attached hydrogens (tertiary/aromatic N) is 2. The fraction of sp³-hybridized carbons (Fsp3) is 0.150. The van der Waals surface area contributed by atoms with E-state index in [0.29, 0.717) is 16.9 Å². The topological polar surface area (TPSA) is 87.7 Å². The van der Waals surface area contributed by atoms with Gasteiger partial charge in [0.1, 0.15) is 5.82 Å². The Balaban J connectivity index is 1.97. The highest BCUT2D eigenvalue weighted by Crippen LogP contribution is 2.22. The van der Waals surface area contributed by atoms with Crippen LogP contribution in [0.3, 0.4) is 0 Å². The highest BCUT2D eigenvalue weighted by molar-refractivity contribution is 6.13. The van der Waals surface area contributed by atoms with Crippen LogP contribution in [0.25, 0.3) is 5.57 Å². The van der Waals surface area contributed by atoms with Gasteiger partial charge < -0.3 is 11.1 Å². The molecule has 0 bridgehead atoms. The number of anilines is 2. The van der Waals surface area contributed by atoms with E-state index in [4.69, 9.17) is 11.1 Å². The van der Waals surface area contributed by atoms with Gasteiger partial charge in [0.15, 0.2) is 0 Å². The standard InChI is InChI=1S/C20H21N5/c1-2-23-19-11-7-10-17(25-19)20(22)15-12-18(24-13-16(15)21)14-8-5-3-4-6-9-14/h3,5-13,22H,2,4,21H2,1H3,(H,23,25). The Labute approximate surface area is 147 Å². The molecule has 2 heterocycles. The van der Waals surface area contributed by atoms with Crippen molar-refractivity contribution in [2.24, 2.45) is 0 Å². The van der Waals surface area contributed by atoms with Crippen LogP contribution in [0.4, 0.5) is 11.5 Å². The third kappa shape index (κ3) is 3.83. The van der Waals surface area contributed by atoms with Crippen LogP contribution < -0.4 is 11.1 Å². The maximum atomic E-state index is 8.54. The van der Waals surface area contributed by atoms with Crippen molar-refractivity contribution in [1.82, 2.24) is 9.97 Å². The summed E-state index contributed by atoms with van der Waals surface area (Å²) in [5, 5.41) is 11.7. The number of pyridine rings is 2. The van der Waals surface area contributed by atoms with Crippen LogP contribution in [0, 0.1) is 5.41 Å². The molecule has 3 rings (SSSR count). The molecule has 0 saturated heterocycles. The molecule has 0 radical (unpaired) electrons. The first-order chi connectivity index (χ1) is 12.2. The average molecular weight is 331 g/mol. The van der Waals surface area contributed by atoms with Crippen LogP contribution in [0.5, 0.6) is 0 Å². The summed E-state index contributed by atoms with van der Waals surface area (Å²) in [5.74, 6) is 0.747. The number of rotatable bonds is 5. The Hall–Kier alpha value is -3.21. The first kappa shape index (κ1) is 16.6. The van der Waals surface area contributed by atoms with Gasteiger partial charge in [0, 0.05) is 12.1 Å². The first-order valence-corrected chi connectivity index (χ1v) is 8.28. The SMILES string of the molecule is CCNc1cccc(C(=N)c2cc(C3=CC=CCC=C3)ncc2N)n1. The molecule has 1 aliphatic rings. The quantitative estimate of drug-likeness (QED) is 0.727. The number of aromatic nitrogens is 2. The molecule has 0 aliphatic heterocycles. The highest BCUT2D eigenvalue weighted by atomic mass is 15.0. The number of allylic oxidation sites excluding steroid dienone is 6. The summed E-state index contributed by atoms with van der Waals surface area (Å²) in [5.41, 5.74) is 9.84. The molecule has 2 aromatic heterocycles. The van der Waals surface area contributed by atoms with Crippen molar-refractivity contribution in [2.45, 2.75) is 13.3 Å². The van der Waals surface area contributed by atoms with E-state index in [2.05, 4.69) is 27.4 Å². The normalized spacial score (nSPS) is 13.2. The maximum Gasteiger partial charge on any atom is 0.126 e. The maximum absolute atomic E-state index is 8.54. The van der Waals surface area contributed by atoms with Gasteiger partial charge in [-0.05, 0) is 37.1 Å². The van der Waals surface area contributed by atoms with Crippen molar-refractivity contribution in [3.05, 3.63) is 77.8 Å². The zero-order valence-corrected chi connectivity index (χ0v) is 14.2. The van der Waals surface area contributed by atoms with E-state index < -0.39 is 0 Å². The Morgan fingerprint density at radius 2 is 2.20 bits per heavy atom. The third-order valence-electron chi connectivity index (χ3n) is 3.84. The fourth-order valence-electron chi connectivity index (χ4n) is 2.58. The lowest BCUT2D eigenvalue weighted by atomic mass is 10.0. The van der Waals surface area contributed by atoms with E-state index in [1.807, 2.05) is 49.4 Å². The van der Waals surface area contributed by atoms with Crippen molar-refractivity contribution in [1.29, 1.82) is 5.41 Å². The van der Waals surface area contributed by atoms with Crippen molar-refractivity contribution in [2.75, 3.05) is 17.6 Å². The summed E-state index contributed by atoms with van der Waals surface area (Å²) in [6.07, 6.45) is 12.7. The molecule has 0 amide bonds. The smallest absolute Gasteiger partial charge is 0.126 e. The number of hydrogen-bond donors (Lipinski definition) is 3. The highest BCUT2D eigenvalue weighted by Gasteiger charge is 2.13. The van der Waals surface area contributed by atoms with Crippen molar-refractivity contribution in [3.8, 4) is 0 Å². The molecule has 126 valence electrons. The fourth-order valence-corrected chi connectivity index (χ4v) is 2.58. The zero-order valence-electron chi connectivity index (χ0n) is 14.2. The second kappa shape index (κ2) is 7.57. The summed E-state index contributed by atoms with van der Waals surface area (Å²) < 4.78 is 0. The zero-order chi connectivity index (χ0) is 17.6.